The summed E-state index contributed by atoms with van der Waals surface area (Å²) in [5, 5.41) is 16.5. The molecule has 0 saturated heterocycles. The standard InChI is InChI=1S/C8H10F3N3/c1-14(4-2-3-12)6-7(5-13)8(9,10)11/h7H,2,4,6H2,1H3. The molecule has 14 heavy (non-hydrogen) atoms. The zero-order valence-corrected chi connectivity index (χ0v) is 7.67. The van der Waals surface area contributed by atoms with Crippen LogP contribution < -0.4 is 0 Å². The summed E-state index contributed by atoms with van der Waals surface area (Å²) in [5.74, 6) is -1.98. The van der Waals surface area contributed by atoms with E-state index in [1.807, 2.05) is 6.07 Å². The van der Waals surface area contributed by atoms with Crippen molar-refractivity contribution in [3.63, 3.8) is 0 Å². The minimum atomic E-state index is -4.49. The van der Waals surface area contributed by atoms with Crippen molar-refractivity contribution >= 4 is 0 Å². The highest BCUT2D eigenvalue weighted by Gasteiger charge is 2.40. The van der Waals surface area contributed by atoms with E-state index in [-0.39, 0.29) is 19.5 Å². The molecule has 3 nitrogen and oxygen atoms in total. The number of nitrogens with zero attached hydrogens (tertiary/aromatic N) is 3. The van der Waals surface area contributed by atoms with Crippen molar-refractivity contribution in [3.8, 4) is 12.1 Å². The first kappa shape index (κ1) is 12.7. The fraction of sp³-hybridized carbons (Fsp3) is 0.750. The van der Waals surface area contributed by atoms with Gasteiger partial charge in [0.1, 0.15) is 0 Å². The molecule has 1 unspecified atom stereocenters. The Morgan fingerprint density at radius 1 is 1.36 bits per heavy atom. The van der Waals surface area contributed by atoms with Crippen molar-refractivity contribution < 1.29 is 13.2 Å². The first-order valence-electron chi connectivity index (χ1n) is 3.93. The predicted molar refractivity (Wildman–Crippen MR) is 42.9 cm³/mol. The normalized spacial score (nSPS) is 13.4. The topological polar surface area (TPSA) is 50.8 Å². The monoisotopic (exact) mass is 205 g/mol. The van der Waals surface area contributed by atoms with Crippen LogP contribution in [0.1, 0.15) is 6.42 Å². The highest BCUT2D eigenvalue weighted by Crippen LogP contribution is 2.25. The average molecular weight is 205 g/mol. The average Bonchev–Trinajstić information content (AvgIpc) is 2.08. The first-order chi connectivity index (χ1) is 6.41. The van der Waals surface area contributed by atoms with E-state index in [0.717, 1.165) is 0 Å². The number of hydrogen-bond acceptors (Lipinski definition) is 3. The van der Waals surface area contributed by atoms with Crippen LogP contribution in [0, 0.1) is 28.6 Å². The molecule has 78 valence electrons. The number of halogens is 3. The molecule has 0 amide bonds. The van der Waals surface area contributed by atoms with Crippen LogP contribution in [0.4, 0.5) is 13.2 Å². The Balaban J connectivity index is 4.09. The molecule has 0 heterocycles. The molecule has 0 aromatic carbocycles. The molecule has 6 heteroatoms. The van der Waals surface area contributed by atoms with E-state index < -0.39 is 12.1 Å². The fourth-order valence-corrected chi connectivity index (χ4v) is 0.861. The lowest BCUT2D eigenvalue weighted by atomic mass is 10.1. The van der Waals surface area contributed by atoms with Gasteiger partial charge in [0.2, 0.25) is 0 Å². The van der Waals surface area contributed by atoms with Crippen molar-refractivity contribution in [3.05, 3.63) is 0 Å². The first-order valence-corrected chi connectivity index (χ1v) is 3.93. The molecule has 0 aliphatic rings. The van der Waals surface area contributed by atoms with Gasteiger partial charge in [-0.15, -0.1) is 0 Å². The summed E-state index contributed by atoms with van der Waals surface area (Å²) < 4.78 is 36.3. The van der Waals surface area contributed by atoms with Gasteiger partial charge < -0.3 is 4.90 Å². The van der Waals surface area contributed by atoms with Crippen LogP contribution >= 0.6 is 0 Å². The Morgan fingerprint density at radius 3 is 2.29 bits per heavy atom. The van der Waals surface area contributed by atoms with Crippen molar-refractivity contribution in [2.75, 3.05) is 20.1 Å². The van der Waals surface area contributed by atoms with Crippen LogP contribution in [0.3, 0.4) is 0 Å². The third kappa shape index (κ3) is 4.68. The van der Waals surface area contributed by atoms with Gasteiger partial charge >= 0.3 is 6.18 Å². The Hall–Kier alpha value is -1.27. The van der Waals surface area contributed by atoms with Gasteiger partial charge in [0.15, 0.2) is 5.92 Å². The molecule has 0 aromatic heterocycles. The summed E-state index contributed by atoms with van der Waals surface area (Å²) in [5.41, 5.74) is 0. The SMILES string of the molecule is CN(CCC#N)CC(C#N)C(F)(F)F. The molecule has 0 spiro atoms. The van der Waals surface area contributed by atoms with E-state index >= 15 is 0 Å². The number of alkyl halides is 3. The van der Waals surface area contributed by atoms with Gasteiger partial charge in [-0.25, -0.2) is 0 Å². The van der Waals surface area contributed by atoms with Crippen molar-refractivity contribution in [2.24, 2.45) is 5.92 Å². The predicted octanol–water partition coefficient (Wildman–Crippen LogP) is 1.53. The number of rotatable bonds is 4. The van der Waals surface area contributed by atoms with E-state index in [9.17, 15) is 13.2 Å². The van der Waals surface area contributed by atoms with E-state index in [0.29, 0.717) is 0 Å². The zero-order chi connectivity index (χ0) is 11.2. The van der Waals surface area contributed by atoms with E-state index in [4.69, 9.17) is 10.5 Å². The maximum Gasteiger partial charge on any atom is 0.405 e. The largest absolute Gasteiger partial charge is 0.405 e. The quantitative estimate of drug-likeness (QED) is 0.699. The summed E-state index contributed by atoms with van der Waals surface area (Å²) in [6, 6.07) is 3.02. The lowest BCUT2D eigenvalue weighted by Gasteiger charge is -2.20. The maximum absolute atomic E-state index is 12.1. The highest BCUT2D eigenvalue weighted by atomic mass is 19.4. The number of hydrogen-bond donors (Lipinski definition) is 0. The van der Waals surface area contributed by atoms with Gasteiger partial charge in [-0.1, -0.05) is 0 Å². The smallest absolute Gasteiger partial charge is 0.304 e. The Morgan fingerprint density at radius 2 is 1.93 bits per heavy atom. The second-order valence-electron chi connectivity index (χ2n) is 2.89. The Bertz CT molecular complexity index is 248. The maximum atomic E-state index is 12.1. The molecule has 0 saturated carbocycles. The summed E-state index contributed by atoms with van der Waals surface area (Å²) in [6.07, 6.45) is -4.33. The summed E-state index contributed by atoms with van der Waals surface area (Å²) in [7, 11) is 1.45. The van der Waals surface area contributed by atoms with Gasteiger partial charge in [-0.3, -0.25) is 0 Å². The van der Waals surface area contributed by atoms with Crippen molar-refractivity contribution in [1.82, 2.24) is 4.90 Å². The van der Waals surface area contributed by atoms with Crippen LogP contribution in [-0.2, 0) is 0 Å². The van der Waals surface area contributed by atoms with Crippen LogP contribution in [0.25, 0.3) is 0 Å². The molecule has 0 N–H and O–H groups in total. The third-order valence-electron chi connectivity index (χ3n) is 1.65. The summed E-state index contributed by atoms with van der Waals surface area (Å²) in [6.45, 7) is -0.146. The van der Waals surface area contributed by atoms with Crippen molar-refractivity contribution in [1.29, 1.82) is 10.5 Å². The number of nitriles is 2. The van der Waals surface area contributed by atoms with Crippen LogP contribution in [0.5, 0.6) is 0 Å². The molecule has 0 aliphatic carbocycles. The van der Waals surface area contributed by atoms with Gasteiger partial charge in [-0.05, 0) is 7.05 Å². The van der Waals surface area contributed by atoms with E-state index in [2.05, 4.69) is 0 Å². The fourth-order valence-electron chi connectivity index (χ4n) is 0.861. The Kier molecular flexibility index (Phi) is 4.96. The zero-order valence-electron chi connectivity index (χ0n) is 7.67. The second-order valence-corrected chi connectivity index (χ2v) is 2.89. The second kappa shape index (κ2) is 5.46. The summed E-state index contributed by atoms with van der Waals surface area (Å²) in [4.78, 5) is 1.32. The van der Waals surface area contributed by atoms with Crippen LogP contribution in [0.2, 0.25) is 0 Å². The molecular weight excluding hydrogens is 195 g/mol. The van der Waals surface area contributed by atoms with Crippen LogP contribution in [0.15, 0.2) is 0 Å². The molecular formula is C8H10F3N3. The minimum absolute atomic E-state index is 0.159. The highest BCUT2D eigenvalue weighted by molar-refractivity contribution is 4.90. The molecule has 0 bridgehead atoms. The molecule has 0 rings (SSSR count). The van der Waals surface area contributed by atoms with Gasteiger partial charge in [-0.2, -0.15) is 23.7 Å². The third-order valence-corrected chi connectivity index (χ3v) is 1.65. The lowest BCUT2D eigenvalue weighted by Crippen LogP contribution is -2.34. The minimum Gasteiger partial charge on any atom is -0.304 e. The van der Waals surface area contributed by atoms with E-state index in [1.165, 1.54) is 18.0 Å². The lowest BCUT2D eigenvalue weighted by molar-refractivity contribution is -0.162. The summed E-state index contributed by atoms with van der Waals surface area (Å²) >= 11 is 0. The molecule has 1 atom stereocenters. The van der Waals surface area contributed by atoms with Gasteiger partial charge in [0.25, 0.3) is 0 Å². The molecule has 0 aromatic rings. The van der Waals surface area contributed by atoms with Crippen LogP contribution in [-0.4, -0.2) is 31.2 Å². The van der Waals surface area contributed by atoms with Gasteiger partial charge in [0.05, 0.1) is 12.1 Å². The molecule has 0 aliphatic heterocycles. The Labute approximate surface area is 80.3 Å². The van der Waals surface area contributed by atoms with Gasteiger partial charge in [0, 0.05) is 19.5 Å². The molecule has 0 radical (unpaired) electrons. The van der Waals surface area contributed by atoms with E-state index in [1.54, 1.807) is 0 Å². The van der Waals surface area contributed by atoms with Crippen molar-refractivity contribution in [2.45, 2.75) is 12.6 Å². The molecule has 0 fully saturated rings.